The summed E-state index contributed by atoms with van der Waals surface area (Å²) in [5.41, 5.74) is 0. The van der Waals surface area contributed by atoms with E-state index in [1.807, 2.05) is 6.92 Å². The normalized spacial score (nSPS) is 21.4. The van der Waals surface area contributed by atoms with Crippen LogP contribution in [0.15, 0.2) is 0 Å². The highest BCUT2D eigenvalue weighted by Gasteiger charge is 2.36. The van der Waals surface area contributed by atoms with E-state index in [-0.39, 0.29) is 16.4 Å². The fourth-order valence-electron chi connectivity index (χ4n) is 1.74. The van der Waals surface area contributed by atoms with Crippen LogP contribution in [0, 0.1) is 5.92 Å². The Kier molecular flexibility index (Phi) is 5.42. The van der Waals surface area contributed by atoms with Gasteiger partial charge in [0.15, 0.2) is 0 Å². The maximum absolute atomic E-state index is 11.7. The second-order valence-electron chi connectivity index (χ2n) is 4.60. The molecular formula is C10H20ClNO2S2. The first-order valence-electron chi connectivity index (χ1n) is 5.51. The third kappa shape index (κ3) is 4.09. The molecule has 0 aromatic heterocycles. The van der Waals surface area contributed by atoms with Crippen LogP contribution in [-0.2, 0) is 10.0 Å². The first-order chi connectivity index (χ1) is 7.43. The van der Waals surface area contributed by atoms with Gasteiger partial charge in [0.05, 0.1) is 5.75 Å². The Morgan fingerprint density at radius 2 is 2.12 bits per heavy atom. The number of halogens is 1. The number of rotatable bonds is 7. The van der Waals surface area contributed by atoms with Crippen molar-refractivity contribution < 1.29 is 8.42 Å². The van der Waals surface area contributed by atoms with E-state index in [1.54, 1.807) is 11.8 Å². The van der Waals surface area contributed by atoms with Crippen LogP contribution in [-0.4, -0.2) is 37.6 Å². The van der Waals surface area contributed by atoms with Crippen LogP contribution in [0.3, 0.4) is 0 Å². The van der Waals surface area contributed by atoms with Crippen molar-refractivity contribution >= 4 is 33.4 Å². The molecule has 0 heterocycles. The highest BCUT2D eigenvalue weighted by atomic mass is 35.5. The van der Waals surface area contributed by atoms with Gasteiger partial charge in [-0.25, -0.2) is 13.1 Å². The summed E-state index contributed by atoms with van der Waals surface area (Å²) in [6.45, 7) is 2.41. The molecule has 3 nitrogen and oxygen atoms in total. The predicted molar refractivity (Wildman–Crippen MR) is 71.8 cm³/mol. The molecule has 96 valence electrons. The lowest BCUT2D eigenvalue weighted by Gasteiger charge is -2.40. The summed E-state index contributed by atoms with van der Waals surface area (Å²) in [5, 5.41) is 0. The van der Waals surface area contributed by atoms with Crippen LogP contribution >= 0.6 is 23.4 Å². The Morgan fingerprint density at radius 1 is 1.50 bits per heavy atom. The van der Waals surface area contributed by atoms with Gasteiger partial charge >= 0.3 is 0 Å². The third-order valence-corrected chi connectivity index (χ3v) is 6.62. The van der Waals surface area contributed by atoms with Gasteiger partial charge in [-0.2, -0.15) is 11.8 Å². The maximum Gasteiger partial charge on any atom is 0.211 e. The number of hydrogen-bond donors (Lipinski definition) is 1. The summed E-state index contributed by atoms with van der Waals surface area (Å²) in [4.78, 5) is 0. The van der Waals surface area contributed by atoms with Gasteiger partial charge in [-0.05, 0) is 25.0 Å². The smallest absolute Gasteiger partial charge is 0.211 e. The number of hydrogen-bond acceptors (Lipinski definition) is 3. The van der Waals surface area contributed by atoms with E-state index < -0.39 is 10.0 Å². The minimum Gasteiger partial charge on any atom is -0.214 e. The number of alkyl halides is 1. The highest BCUT2D eigenvalue weighted by Crippen LogP contribution is 2.42. The van der Waals surface area contributed by atoms with Gasteiger partial charge in [0.25, 0.3) is 0 Å². The molecule has 1 rings (SSSR count). The lowest BCUT2D eigenvalue weighted by atomic mass is 9.84. The van der Waals surface area contributed by atoms with Gasteiger partial charge in [-0.1, -0.05) is 13.3 Å². The summed E-state index contributed by atoms with van der Waals surface area (Å²) in [7, 11) is -3.16. The van der Waals surface area contributed by atoms with Crippen LogP contribution in [0.5, 0.6) is 0 Å². The highest BCUT2D eigenvalue weighted by molar-refractivity contribution is 8.00. The van der Waals surface area contributed by atoms with Gasteiger partial charge in [-0.15, -0.1) is 11.6 Å². The molecule has 1 atom stereocenters. The van der Waals surface area contributed by atoms with E-state index in [1.165, 1.54) is 6.42 Å². The van der Waals surface area contributed by atoms with Crippen molar-refractivity contribution in [3.8, 4) is 0 Å². The lowest BCUT2D eigenvalue weighted by molar-refractivity contribution is 0.361. The summed E-state index contributed by atoms with van der Waals surface area (Å²) in [6.07, 6.45) is 5.49. The topological polar surface area (TPSA) is 46.2 Å². The average molecular weight is 286 g/mol. The summed E-state index contributed by atoms with van der Waals surface area (Å²) >= 11 is 7.39. The standard InChI is InChI=1S/C10H20ClNO2S2/c1-9(6-11)7-16(13,14)12-8-10(15-2)4-3-5-10/h9,12H,3-8H2,1-2H3. The monoisotopic (exact) mass is 285 g/mol. The molecule has 1 aliphatic rings. The molecule has 16 heavy (non-hydrogen) atoms. The molecule has 1 aliphatic carbocycles. The third-order valence-electron chi connectivity index (χ3n) is 3.08. The van der Waals surface area contributed by atoms with Crippen molar-refractivity contribution in [1.82, 2.24) is 4.72 Å². The molecular weight excluding hydrogens is 266 g/mol. The zero-order valence-corrected chi connectivity index (χ0v) is 12.2. The Hall–Kier alpha value is 0.550. The number of sulfonamides is 1. The second kappa shape index (κ2) is 5.94. The summed E-state index contributed by atoms with van der Waals surface area (Å²) in [5.74, 6) is 0.515. The molecule has 6 heteroatoms. The minimum absolute atomic E-state index is 0.00536. The Labute approximate surface area is 108 Å². The first-order valence-corrected chi connectivity index (χ1v) is 8.93. The quantitative estimate of drug-likeness (QED) is 0.729. The van der Waals surface area contributed by atoms with Crippen molar-refractivity contribution in [2.45, 2.75) is 30.9 Å². The summed E-state index contributed by atoms with van der Waals surface area (Å²) in [6, 6.07) is 0. The SMILES string of the molecule is CSC1(CNS(=O)(=O)CC(C)CCl)CCC1. The molecule has 0 aromatic rings. The fourth-order valence-corrected chi connectivity index (χ4v) is 4.47. The maximum atomic E-state index is 11.7. The largest absolute Gasteiger partial charge is 0.214 e. The fraction of sp³-hybridized carbons (Fsp3) is 1.00. The molecule has 0 saturated heterocycles. The van der Waals surface area contributed by atoms with Gasteiger partial charge in [0.2, 0.25) is 10.0 Å². The van der Waals surface area contributed by atoms with E-state index in [9.17, 15) is 8.42 Å². The van der Waals surface area contributed by atoms with Crippen molar-refractivity contribution in [3.05, 3.63) is 0 Å². The molecule has 0 radical (unpaired) electrons. The molecule has 0 aromatic carbocycles. The summed E-state index contributed by atoms with van der Waals surface area (Å²) < 4.78 is 26.3. The van der Waals surface area contributed by atoms with Crippen molar-refractivity contribution in [2.75, 3.05) is 24.4 Å². The lowest BCUT2D eigenvalue weighted by Crippen LogP contribution is -2.46. The first kappa shape index (κ1) is 14.6. The van der Waals surface area contributed by atoms with Crippen molar-refractivity contribution in [1.29, 1.82) is 0 Å². The molecule has 1 unspecified atom stereocenters. The zero-order chi connectivity index (χ0) is 12.2. The number of nitrogens with one attached hydrogen (secondary N) is 1. The second-order valence-corrected chi connectivity index (χ2v) is 8.04. The molecule has 0 amide bonds. The van der Waals surface area contributed by atoms with Crippen molar-refractivity contribution in [2.24, 2.45) is 5.92 Å². The van der Waals surface area contributed by atoms with Crippen LogP contribution < -0.4 is 4.72 Å². The zero-order valence-electron chi connectivity index (χ0n) is 9.83. The molecule has 0 aliphatic heterocycles. The van der Waals surface area contributed by atoms with Crippen LogP contribution in [0.25, 0.3) is 0 Å². The molecule has 1 fully saturated rings. The van der Waals surface area contributed by atoms with Crippen molar-refractivity contribution in [3.63, 3.8) is 0 Å². The average Bonchev–Trinajstić information content (AvgIpc) is 2.16. The Morgan fingerprint density at radius 3 is 2.50 bits per heavy atom. The molecule has 0 bridgehead atoms. The van der Waals surface area contributed by atoms with E-state index in [2.05, 4.69) is 11.0 Å². The van der Waals surface area contributed by atoms with Gasteiger partial charge in [0.1, 0.15) is 0 Å². The van der Waals surface area contributed by atoms with E-state index in [0.29, 0.717) is 12.4 Å². The van der Waals surface area contributed by atoms with E-state index in [0.717, 1.165) is 12.8 Å². The minimum atomic E-state index is -3.16. The van der Waals surface area contributed by atoms with Crippen LogP contribution in [0.1, 0.15) is 26.2 Å². The van der Waals surface area contributed by atoms with Crippen LogP contribution in [0.4, 0.5) is 0 Å². The molecule has 1 N–H and O–H groups in total. The Balaban J connectivity index is 2.41. The Bertz CT molecular complexity index is 309. The molecule has 0 spiro atoms. The van der Waals surface area contributed by atoms with E-state index in [4.69, 9.17) is 11.6 Å². The molecule has 1 saturated carbocycles. The van der Waals surface area contributed by atoms with Gasteiger partial charge in [0, 0.05) is 17.2 Å². The number of thioether (sulfide) groups is 1. The van der Waals surface area contributed by atoms with Gasteiger partial charge in [-0.3, -0.25) is 0 Å². The van der Waals surface area contributed by atoms with E-state index >= 15 is 0 Å². The van der Waals surface area contributed by atoms with Crippen LogP contribution in [0.2, 0.25) is 0 Å². The predicted octanol–water partition coefficient (Wildman–Crippen LogP) is 2.07. The van der Waals surface area contributed by atoms with Gasteiger partial charge < -0.3 is 0 Å².